The maximum absolute atomic E-state index is 11.7. The Labute approximate surface area is 275 Å². The maximum Gasteiger partial charge on any atom is 0.325 e. The van der Waals surface area contributed by atoms with E-state index in [0.29, 0.717) is 6.42 Å². The fourth-order valence-corrected chi connectivity index (χ4v) is 10.8. The lowest BCUT2D eigenvalue weighted by molar-refractivity contribution is -0.141. The van der Waals surface area contributed by atoms with Gasteiger partial charge in [0, 0.05) is 12.5 Å². The molecule has 1 atom stereocenters. The van der Waals surface area contributed by atoms with Gasteiger partial charge in [-0.2, -0.15) is 0 Å². The lowest BCUT2D eigenvalue weighted by atomic mass is 10.0. The quantitative estimate of drug-likeness (QED) is 0.0575. The molecule has 0 saturated heterocycles. The van der Waals surface area contributed by atoms with Crippen LogP contribution in [0.5, 0.6) is 0 Å². The highest BCUT2D eigenvalue weighted by Gasteiger charge is 2.50. The highest BCUT2D eigenvalue weighted by Crippen LogP contribution is 2.38. The molecule has 6 heteroatoms. The van der Waals surface area contributed by atoms with Crippen LogP contribution in [0.1, 0.15) is 124 Å². The molecule has 250 valence electrons. The van der Waals surface area contributed by atoms with Gasteiger partial charge in [0.2, 0.25) is 5.91 Å². The third-order valence-corrected chi connectivity index (χ3v) is 13.8. The Hall–Kier alpha value is -2.70. The minimum Gasteiger partial charge on any atom is -0.468 e. The lowest BCUT2D eigenvalue weighted by Gasteiger charge is -2.44. The van der Waals surface area contributed by atoms with E-state index in [1.165, 1.54) is 75.3 Å². The minimum atomic E-state index is -2.48. The molecule has 2 aromatic rings. The number of methoxy groups -OCH3 is 1. The number of nitrogens with one attached hydrogen (secondary N) is 1. The van der Waals surface area contributed by atoms with Crippen molar-refractivity contribution in [1.29, 1.82) is 0 Å². The molecule has 0 heterocycles. The van der Waals surface area contributed by atoms with Crippen LogP contribution in [0.4, 0.5) is 0 Å². The molecular formula is C39H61NO4Si. The largest absolute Gasteiger partial charge is 0.468 e. The standard InChI is InChI=1S/C39H61NO4Si/c1-34(44-45(39(2,3)4,35-28-22-19-23-29-35)36-30-24-20-25-31-36)27-21-17-15-13-11-9-7-6-8-10-12-14-16-18-26-32-37(41)40-33-38(42)43-5/h13,15,19-20,22-25,28-31,34H,6-12,14,16-18,21,26-27,32-33H2,1-5H3,(H,40,41). The van der Waals surface area contributed by atoms with E-state index in [0.717, 1.165) is 32.1 Å². The van der Waals surface area contributed by atoms with Crippen LogP contribution in [0, 0.1) is 0 Å². The second-order valence-corrected chi connectivity index (χ2v) is 17.7. The first-order chi connectivity index (χ1) is 21.7. The summed E-state index contributed by atoms with van der Waals surface area (Å²) >= 11 is 0. The Bertz CT molecular complexity index is 1060. The molecule has 0 bridgehead atoms. The van der Waals surface area contributed by atoms with Crippen LogP contribution in [-0.2, 0) is 18.8 Å². The molecule has 0 aliphatic carbocycles. The van der Waals surface area contributed by atoms with Crippen LogP contribution >= 0.6 is 0 Å². The van der Waals surface area contributed by atoms with E-state index in [4.69, 9.17) is 4.43 Å². The fraction of sp³-hybridized carbons (Fsp3) is 0.590. The molecule has 0 aliphatic heterocycles. The molecule has 1 N–H and O–H groups in total. The summed E-state index contributed by atoms with van der Waals surface area (Å²) in [7, 11) is -1.15. The summed E-state index contributed by atoms with van der Waals surface area (Å²) in [5.74, 6) is -0.476. The van der Waals surface area contributed by atoms with E-state index in [1.54, 1.807) is 0 Å². The molecule has 0 aromatic heterocycles. The Morgan fingerprint density at radius 2 is 1.20 bits per heavy atom. The second-order valence-electron chi connectivity index (χ2n) is 13.4. The predicted octanol–water partition coefficient (Wildman–Crippen LogP) is 8.65. The van der Waals surface area contributed by atoms with Crippen molar-refractivity contribution in [3.63, 3.8) is 0 Å². The van der Waals surface area contributed by atoms with E-state index in [2.05, 4.69) is 111 Å². The van der Waals surface area contributed by atoms with Crippen molar-refractivity contribution in [2.75, 3.05) is 13.7 Å². The topological polar surface area (TPSA) is 64.6 Å². The van der Waals surface area contributed by atoms with Crippen molar-refractivity contribution in [1.82, 2.24) is 5.32 Å². The Kier molecular flexibility index (Phi) is 18.8. The highest BCUT2D eigenvalue weighted by atomic mass is 28.4. The molecule has 0 aliphatic rings. The van der Waals surface area contributed by atoms with Crippen LogP contribution in [-0.4, -0.2) is 40.0 Å². The summed E-state index contributed by atoms with van der Waals surface area (Å²) in [6.07, 6.45) is 22.2. The number of hydrogen-bond donors (Lipinski definition) is 1. The third-order valence-electron chi connectivity index (χ3n) is 8.63. The molecule has 0 spiro atoms. The molecule has 0 saturated carbocycles. The summed E-state index contributed by atoms with van der Waals surface area (Å²) < 4.78 is 11.7. The molecule has 45 heavy (non-hydrogen) atoms. The van der Waals surface area contributed by atoms with Crippen LogP contribution < -0.4 is 15.7 Å². The van der Waals surface area contributed by atoms with Gasteiger partial charge < -0.3 is 14.5 Å². The number of amides is 1. The van der Waals surface area contributed by atoms with Crippen LogP contribution in [0.25, 0.3) is 0 Å². The zero-order valence-electron chi connectivity index (χ0n) is 29.0. The number of hydrogen-bond acceptors (Lipinski definition) is 4. The number of benzene rings is 2. The summed E-state index contributed by atoms with van der Waals surface area (Å²) in [6, 6.07) is 21.9. The summed E-state index contributed by atoms with van der Waals surface area (Å²) in [5, 5.41) is 5.30. The second kappa shape index (κ2) is 21.9. The van der Waals surface area contributed by atoms with Crippen molar-refractivity contribution in [3.8, 4) is 0 Å². The first kappa shape index (κ1) is 38.5. The van der Waals surface area contributed by atoms with Crippen LogP contribution in [0.3, 0.4) is 0 Å². The first-order valence-electron chi connectivity index (χ1n) is 17.5. The van der Waals surface area contributed by atoms with E-state index in [-0.39, 0.29) is 23.6 Å². The Morgan fingerprint density at radius 1 is 0.733 bits per heavy atom. The summed E-state index contributed by atoms with van der Waals surface area (Å²) in [6.45, 7) is 9.27. The average Bonchev–Trinajstić information content (AvgIpc) is 3.04. The monoisotopic (exact) mass is 635 g/mol. The van der Waals surface area contributed by atoms with Crippen molar-refractivity contribution < 1.29 is 18.8 Å². The summed E-state index contributed by atoms with van der Waals surface area (Å²) in [5.41, 5.74) is 0. The number of allylic oxidation sites excluding steroid dienone is 2. The van der Waals surface area contributed by atoms with Crippen LogP contribution in [0.2, 0.25) is 5.04 Å². The van der Waals surface area contributed by atoms with E-state index >= 15 is 0 Å². The molecule has 0 fully saturated rings. The first-order valence-corrected chi connectivity index (χ1v) is 19.4. The van der Waals surface area contributed by atoms with Gasteiger partial charge in [-0.05, 0) is 60.9 Å². The van der Waals surface area contributed by atoms with E-state index < -0.39 is 14.3 Å². The lowest BCUT2D eigenvalue weighted by Crippen LogP contribution is -2.67. The van der Waals surface area contributed by atoms with Gasteiger partial charge in [-0.1, -0.05) is 145 Å². The van der Waals surface area contributed by atoms with Crippen molar-refractivity contribution in [2.45, 2.75) is 135 Å². The SMILES string of the molecule is COC(=O)CNC(=O)CCCCCCCCCCCCC=CCCCC(C)O[Si](c1ccccc1)(c1ccccc1)C(C)(C)C. The molecule has 0 radical (unpaired) electrons. The maximum atomic E-state index is 11.7. The Balaban J connectivity index is 1.56. The highest BCUT2D eigenvalue weighted by molar-refractivity contribution is 6.99. The van der Waals surface area contributed by atoms with Gasteiger partial charge in [-0.25, -0.2) is 0 Å². The molecule has 2 aromatic carbocycles. The fourth-order valence-electron chi connectivity index (χ4n) is 6.10. The van der Waals surface area contributed by atoms with Gasteiger partial charge in [-0.3, -0.25) is 9.59 Å². The van der Waals surface area contributed by atoms with Gasteiger partial charge in [0.05, 0.1) is 7.11 Å². The number of rotatable bonds is 23. The molecule has 5 nitrogen and oxygen atoms in total. The van der Waals surface area contributed by atoms with E-state index in [9.17, 15) is 9.59 Å². The molecular weight excluding hydrogens is 575 g/mol. The average molecular weight is 636 g/mol. The van der Waals surface area contributed by atoms with Crippen molar-refractivity contribution in [2.24, 2.45) is 0 Å². The van der Waals surface area contributed by atoms with Gasteiger partial charge in [-0.15, -0.1) is 0 Å². The predicted molar refractivity (Wildman–Crippen MR) is 192 cm³/mol. The number of unbranched alkanes of at least 4 members (excludes halogenated alkanes) is 11. The van der Waals surface area contributed by atoms with Gasteiger partial charge in [0.25, 0.3) is 8.32 Å². The smallest absolute Gasteiger partial charge is 0.325 e. The minimum absolute atomic E-state index is 0.0137. The number of ether oxygens (including phenoxy) is 1. The van der Waals surface area contributed by atoms with Gasteiger partial charge in [0.15, 0.2) is 0 Å². The van der Waals surface area contributed by atoms with Crippen molar-refractivity contribution >= 4 is 30.6 Å². The molecule has 1 unspecified atom stereocenters. The zero-order chi connectivity index (χ0) is 32.8. The van der Waals surface area contributed by atoms with Crippen LogP contribution in [0.15, 0.2) is 72.8 Å². The number of carbonyl (C=O) groups is 2. The molecule has 1 amide bonds. The van der Waals surface area contributed by atoms with E-state index in [1.807, 2.05) is 0 Å². The van der Waals surface area contributed by atoms with Gasteiger partial charge in [0.1, 0.15) is 6.54 Å². The number of carbonyl (C=O) groups excluding carboxylic acids is 2. The van der Waals surface area contributed by atoms with Crippen molar-refractivity contribution in [3.05, 3.63) is 72.8 Å². The Morgan fingerprint density at radius 3 is 1.69 bits per heavy atom. The normalized spacial score (nSPS) is 12.7. The van der Waals surface area contributed by atoms with Gasteiger partial charge >= 0.3 is 5.97 Å². The third kappa shape index (κ3) is 14.5. The zero-order valence-corrected chi connectivity index (χ0v) is 30.0. The summed E-state index contributed by atoms with van der Waals surface area (Å²) in [4.78, 5) is 22.7. The molecule has 2 rings (SSSR count). The number of esters is 1.